The van der Waals surface area contributed by atoms with Gasteiger partial charge in [0.2, 0.25) is 0 Å². The maximum absolute atomic E-state index is 14.1. The van der Waals surface area contributed by atoms with Crippen LogP contribution in [0.3, 0.4) is 0 Å². The summed E-state index contributed by atoms with van der Waals surface area (Å²) in [5.74, 6) is 0.429. The third kappa shape index (κ3) is 6.99. The summed E-state index contributed by atoms with van der Waals surface area (Å²) in [6.07, 6.45) is 4.03. The highest BCUT2D eigenvalue weighted by Crippen LogP contribution is 2.36. The summed E-state index contributed by atoms with van der Waals surface area (Å²) in [6, 6.07) is 18.5. The molecule has 7 nitrogen and oxygen atoms in total. The van der Waals surface area contributed by atoms with Crippen molar-refractivity contribution in [3.05, 3.63) is 138 Å². The molecule has 3 aromatic carbocycles. The molecule has 0 spiro atoms. The highest BCUT2D eigenvalue weighted by atomic mass is 32.1. The standard InChI is InChI=1S/C36H35FN2O5S/c1-6-10-26-19-25(15-18-29(26)43-21-24-13-16-27(37)17-14-24)20-31-34(40)39-33(28-11-8-9-12-30(28)44-22(3)4)32(35(41)42-7-2)23(5)38-36(39)45-31/h6,8-9,11-20,22,33H,1,7,10,21H2,2-5H3/b31-20+/t33-/m1/s1. The van der Waals surface area contributed by atoms with Gasteiger partial charge in [0, 0.05) is 5.56 Å². The molecular weight excluding hydrogens is 591 g/mol. The molecule has 0 saturated carbocycles. The zero-order chi connectivity index (χ0) is 32.1. The third-order valence-corrected chi connectivity index (χ3v) is 8.13. The number of hydrogen-bond donors (Lipinski definition) is 0. The second kappa shape index (κ2) is 13.9. The van der Waals surface area contributed by atoms with Crippen LogP contribution in [0.15, 0.2) is 100 Å². The lowest BCUT2D eigenvalue weighted by molar-refractivity contribution is -0.139. The number of hydrogen-bond acceptors (Lipinski definition) is 7. The molecule has 4 aromatic rings. The summed E-state index contributed by atoms with van der Waals surface area (Å²) < 4.78 is 32.9. The molecule has 1 aliphatic heterocycles. The summed E-state index contributed by atoms with van der Waals surface area (Å²) in [6.45, 7) is 11.7. The number of aromatic nitrogens is 1. The number of rotatable bonds is 11. The quantitative estimate of drug-likeness (QED) is 0.150. The Hall–Kier alpha value is -4.76. The fourth-order valence-corrected chi connectivity index (χ4v) is 6.24. The zero-order valence-electron chi connectivity index (χ0n) is 25.7. The van der Waals surface area contributed by atoms with Crippen molar-refractivity contribution in [1.82, 2.24) is 4.57 Å². The van der Waals surface area contributed by atoms with Crippen molar-refractivity contribution in [1.29, 1.82) is 0 Å². The zero-order valence-corrected chi connectivity index (χ0v) is 26.5. The first kappa shape index (κ1) is 31.7. The molecule has 9 heteroatoms. The molecule has 0 unspecified atom stereocenters. The van der Waals surface area contributed by atoms with Crippen LogP contribution in [0.1, 0.15) is 56.0 Å². The number of allylic oxidation sites excluding steroid dienone is 2. The van der Waals surface area contributed by atoms with E-state index in [1.54, 1.807) is 36.6 Å². The van der Waals surface area contributed by atoms with E-state index in [9.17, 15) is 14.0 Å². The van der Waals surface area contributed by atoms with Crippen LogP contribution < -0.4 is 24.4 Å². The van der Waals surface area contributed by atoms with E-state index in [0.717, 1.165) is 16.7 Å². The van der Waals surface area contributed by atoms with Crippen molar-refractivity contribution in [2.45, 2.75) is 52.9 Å². The topological polar surface area (TPSA) is 79.1 Å². The van der Waals surface area contributed by atoms with Gasteiger partial charge in [0.25, 0.3) is 5.56 Å². The minimum atomic E-state index is -0.782. The smallest absolute Gasteiger partial charge is 0.338 e. The fourth-order valence-electron chi connectivity index (χ4n) is 5.19. The Labute approximate surface area is 265 Å². The summed E-state index contributed by atoms with van der Waals surface area (Å²) in [5, 5.41) is 0. The predicted octanol–water partition coefficient (Wildman–Crippen LogP) is 6.03. The first-order valence-electron chi connectivity index (χ1n) is 14.8. The number of thiazole rings is 1. The molecule has 1 aliphatic rings. The second-order valence-corrected chi connectivity index (χ2v) is 11.8. The Morgan fingerprint density at radius 2 is 1.87 bits per heavy atom. The van der Waals surface area contributed by atoms with Crippen molar-refractivity contribution < 1.29 is 23.4 Å². The van der Waals surface area contributed by atoms with E-state index in [1.165, 1.54) is 23.5 Å². The van der Waals surface area contributed by atoms with E-state index in [4.69, 9.17) is 14.2 Å². The van der Waals surface area contributed by atoms with Crippen molar-refractivity contribution in [2.24, 2.45) is 4.99 Å². The maximum atomic E-state index is 14.1. The highest BCUT2D eigenvalue weighted by molar-refractivity contribution is 7.07. The minimum absolute atomic E-state index is 0.120. The number of nitrogens with zero attached hydrogens (tertiary/aromatic N) is 2. The normalized spacial score (nSPS) is 14.6. The summed E-state index contributed by atoms with van der Waals surface area (Å²) >= 11 is 1.26. The van der Waals surface area contributed by atoms with Crippen LogP contribution >= 0.6 is 11.3 Å². The van der Waals surface area contributed by atoms with E-state index in [2.05, 4.69) is 11.6 Å². The molecule has 1 atom stereocenters. The first-order valence-corrected chi connectivity index (χ1v) is 15.6. The van der Waals surface area contributed by atoms with Crippen LogP contribution in [0.25, 0.3) is 6.08 Å². The molecule has 0 bridgehead atoms. The third-order valence-electron chi connectivity index (χ3n) is 7.15. The molecule has 0 amide bonds. The van der Waals surface area contributed by atoms with Crippen LogP contribution in [-0.4, -0.2) is 23.2 Å². The van der Waals surface area contributed by atoms with E-state index in [-0.39, 0.29) is 30.7 Å². The first-order chi connectivity index (χ1) is 21.7. The van der Waals surface area contributed by atoms with Gasteiger partial charge in [0.1, 0.15) is 30.0 Å². The molecule has 1 aromatic heterocycles. The van der Waals surface area contributed by atoms with Gasteiger partial charge in [-0.3, -0.25) is 9.36 Å². The number of carbonyl (C=O) groups is 1. The van der Waals surface area contributed by atoms with Gasteiger partial charge in [0.15, 0.2) is 4.80 Å². The number of carbonyl (C=O) groups excluding carboxylic acids is 1. The molecule has 0 saturated heterocycles. The van der Waals surface area contributed by atoms with Crippen LogP contribution in [-0.2, 0) is 22.6 Å². The predicted molar refractivity (Wildman–Crippen MR) is 174 cm³/mol. The van der Waals surface area contributed by atoms with Gasteiger partial charge in [0.05, 0.1) is 28.5 Å². The molecule has 45 heavy (non-hydrogen) atoms. The Morgan fingerprint density at radius 3 is 2.58 bits per heavy atom. The minimum Gasteiger partial charge on any atom is -0.491 e. The molecule has 0 radical (unpaired) electrons. The summed E-state index contributed by atoms with van der Waals surface area (Å²) in [4.78, 5) is 32.6. The van der Waals surface area contributed by atoms with Gasteiger partial charge in [-0.2, -0.15) is 0 Å². The number of para-hydroxylation sites is 1. The SMILES string of the molecule is C=CCc1cc(/C=c2/sc3n(c2=O)[C@H](c2ccccc2OC(C)C)C(C(=O)OCC)=C(C)N=3)ccc1OCc1ccc(F)cc1. The van der Waals surface area contributed by atoms with Gasteiger partial charge in [-0.15, -0.1) is 6.58 Å². The Kier molecular flexibility index (Phi) is 9.78. The number of fused-ring (bicyclic) bond motifs is 1. The number of benzene rings is 3. The highest BCUT2D eigenvalue weighted by Gasteiger charge is 2.35. The van der Waals surface area contributed by atoms with Crippen molar-refractivity contribution in [3.63, 3.8) is 0 Å². The molecule has 0 fully saturated rings. The van der Waals surface area contributed by atoms with Crippen molar-refractivity contribution in [3.8, 4) is 11.5 Å². The molecule has 2 heterocycles. The molecular formula is C36H35FN2O5S. The van der Waals surface area contributed by atoms with E-state index >= 15 is 0 Å². The monoisotopic (exact) mass is 626 g/mol. The Bertz CT molecular complexity index is 1940. The van der Waals surface area contributed by atoms with E-state index in [0.29, 0.717) is 44.1 Å². The van der Waals surface area contributed by atoms with E-state index < -0.39 is 12.0 Å². The van der Waals surface area contributed by atoms with Gasteiger partial charge in [-0.25, -0.2) is 14.2 Å². The lowest BCUT2D eigenvalue weighted by atomic mass is 9.95. The van der Waals surface area contributed by atoms with Gasteiger partial charge in [-0.05, 0) is 87.2 Å². The maximum Gasteiger partial charge on any atom is 0.338 e. The van der Waals surface area contributed by atoms with E-state index in [1.807, 2.05) is 62.4 Å². The van der Waals surface area contributed by atoms with Crippen molar-refractivity contribution >= 4 is 23.4 Å². The fraction of sp³-hybridized carbons (Fsp3) is 0.250. The molecule has 232 valence electrons. The summed E-state index contributed by atoms with van der Waals surface area (Å²) in [7, 11) is 0. The Balaban J connectivity index is 1.58. The molecule has 0 aliphatic carbocycles. The molecule has 0 N–H and O–H groups in total. The van der Waals surface area contributed by atoms with Crippen LogP contribution in [0.2, 0.25) is 0 Å². The van der Waals surface area contributed by atoms with Crippen LogP contribution in [0, 0.1) is 5.82 Å². The van der Waals surface area contributed by atoms with Crippen LogP contribution in [0.4, 0.5) is 4.39 Å². The van der Waals surface area contributed by atoms with Crippen molar-refractivity contribution in [2.75, 3.05) is 6.61 Å². The van der Waals surface area contributed by atoms with Gasteiger partial charge < -0.3 is 14.2 Å². The number of esters is 1. The largest absolute Gasteiger partial charge is 0.491 e. The Morgan fingerprint density at radius 1 is 1.11 bits per heavy atom. The average molecular weight is 627 g/mol. The average Bonchev–Trinajstić information content (AvgIpc) is 3.31. The van der Waals surface area contributed by atoms with Gasteiger partial charge in [-0.1, -0.05) is 53.8 Å². The number of ether oxygens (including phenoxy) is 3. The van der Waals surface area contributed by atoms with Gasteiger partial charge >= 0.3 is 5.97 Å². The lowest BCUT2D eigenvalue weighted by Gasteiger charge is -2.26. The molecule has 5 rings (SSSR count). The second-order valence-electron chi connectivity index (χ2n) is 10.8. The number of halogens is 1. The lowest BCUT2D eigenvalue weighted by Crippen LogP contribution is -2.40. The summed E-state index contributed by atoms with van der Waals surface area (Å²) in [5.41, 5.74) is 3.72. The van der Waals surface area contributed by atoms with Crippen LogP contribution in [0.5, 0.6) is 11.5 Å².